The summed E-state index contributed by atoms with van der Waals surface area (Å²) in [6.45, 7) is 3.60. The molecule has 1 heterocycles. The van der Waals surface area contributed by atoms with Crippen molar-refractivity contribution < 1.29 is 14.7 Å². The first-order valence-corrected chi connectivity index (χ1v) is 7.26. The Morgan fingerprint density at radius 2 is 2.05 bits per heavy atom. The average molecular weight is 342 g/mol. The van der Waals surface area contributed by atoms with Crippen LogP contribution in [-0.2, 0) is 4.79 Å². The van der Waals surface area contributed by atoms with Crippen LogP contribution in [0.25, 0.3) is 6.08 Å². The van der Waals surface area contributed by atoms with Crippen LogP contribution < -0.4 is 0 Å². The summed E-state index contributed by atoms with van der Waals surface area (Å²) in [5, 5.41) is 9.17. The Morgan fingerprint density at radius 1 is 1.37 bits per heavy atom. The molecule has 1 aliphatic rings. The van der Waals surface area contributed by atoms with Crippen LogP contribution in [0.2, 0.25) is 0 Å². The molecule has 0 unspecified atom stereocenters. The van der Waals surface area contributed by atoms with Crippen LogP contribution in [0.15, 0.2) is 27.6 Å². The van der Waals surface area contributed by atoms with E-state index < -0.39 is 0 Å². The highest BCUT2D eigenvalue weighted by atomic mass is 79.9. The minimum Gasteiger partial charge on any atom is -0.507 e. The topological polar surface area (TPSA) is 57.6 Å². The predicted molar refractivity (Wildman–Crippen MR) is 78.8 cm³/mol. The van der Waals surface area contributed by atoms with Gasteiger partial charge in [-0.25, -0.2) is 0 Å². The van der Waals surface area contributed by atoms with E-state index in [4.69, 9.17) is 0 Å². The number of halogens is 1. The van der Waals surface area contributed by atoms with E-state index in [1.165, 1.54) is 11.0 Å². The van der Waals surface area contributed by atoms with Gasteiger partial charge in [0.25, 0.3) is 11.1 Å². The Kier molecular flexibility index (Phi) is 4.01. The Morgan fingerprint density at radius 3 is 2.58 bits per heavy atom. The zero-order valence-electron chi connectivity index (χ0n) is 10.4. The van der Waals surface area contributed by atoms with E-state index in [0.717, 1.165) is 17.3 Å². The maximum Gasteiger partial charge on any atom is 0.293 e. The summed E-state index contributed by atoms with van der Waals surface area (Å²) in [4.78, 5) is 25.4. The number of rotatable bonds is 2. The normalized spacial score (nSPS) is 17.9. The third kappa shape index (κ3) is 2.84. The number of carbonyl (C=O) groups is 2. The molecule has 4 nitrogen and oxygen atoms in total. The van der Waals surface area contributed by atoms with Gasteiger partial charge >= 0.3 is 0 Å². The lowest BCUT2D eigenvalue weighted by atomic mass is 10.2. The molecule has 1 aliphatic heterocycles. The summed E-state index contributed by atoms with van der Waals surface area (Å²) >= 11 is 4.14. The first-order valence-electron chi connectivity index (χ1n) is 5.65. The number of phenolic OH excluding ortho intramolecular Hbond substituents is 1. The van der Waals surface area contributed by atoms with Crippen molar-refractivity contribution in [2.75, 3.05) is 0 Å². The lowest BCUT2D eigenvalue weighted by molar-refractivity contribution is -0.123. The largest absolute Gasteiger partial charge is 0.507 e. The van der Waals surface area contributed by atoms with Gasteiger partial charge in [0.1, 0.15) is 5.75 Å². The molecule has 1 fully saturated rings. The van der Waals surface area contributed by atoms with Gasteiger partial charge in [-0.3, -0.25) is 14.5 Å². The van der Waals surface area contributed by atoms with Gasteiger partial charge in [-0.05, 0) is 65.3 Å². The van der Waals surface area contributed by atoms with Crippen LogP contribution in [0.5, 0.6) is 5.75 Å². The summed E-state index contributed by atoms with van der Waals surface area (Å²) in [7, 11) is 0. The molecular formula is C13H12BrNO3S. The second-order valence-corrected chi connectivity index (χ2v) is 6.20. The fourth-order valence-corrected chi connectivity index (χ4v) is 3.05. The first-order chi connectivity index (χ1) is 8.90. The summed E-state index contributed by atoms with van der Waals surface area (Å²) in [6, 6.07) is 4.76. The third-order valence-electron chi connectivity index (χ3n) is 2.61. The molecule has 0 spiro atoms. The number of carbonyl (C=O) groups excluding carboxylic acids is 2. The molecule has 2 rings (SSSR count). The molecule has 0 atom stereocenters. The summed E-state index contributed by atoms with van der Waals surface area (Å²) in [5.74, 6) is -0.137. The van der Waals surface area contributed by atoms with Crippen LogP contribution in [0.3, 0.4) is 0 Å². The molecule has 0 bridgehead atoms. The van der Waals surface area contributed by atoms with Crippen LogP contribution in [0.1, 0.15) is 19.4 Å². The van der Waals surface area contributed by atoms with Crippen molar-refractivity contribution in [2.45, 2.75) is 19.9 Å². The average Bonchev–Trinajstić information content (AvgIpc) is 2.59. The Hall–Kier alpha value is -1.27. The van der Waals surface area contributed by atoms with E-state index in [-0.39, 0.29) is 22.9 Å². The number of amides is 2. The van der Waals surface area contributed by atoms with Gasteiger partial charge in [-0.1, -0.05) is 6.07 Å². The lowest BCUT2D eigenvalue weighted by Gasteiger charge is -2.16. The van der Waals surface area contributed by atoms with Crippen molar-refractivity contribution in [3.05, 3.63) is 33.1 Å². The lowest BCUT2D eigenvalue weighted by Crippen LogP contribution is -2.34. The number of hydrogen-bond donors (Lipinski definition) is 1. The van der Waals surface area contributed by atoms with Crippen molar-refractivity contribution in [1.29, 1.82) is 0 Å². The number of imide groups is 1. The molecule has 1 aromatic rings. The van der Waals surface area contributed by atoms with Gasteiger partial charge in [-0.15, -0.1) is 0 Å². The maximum absolute atomic E-state index is 12.1. The molecule has 1 saturated heterocycles. The van der Waals surface area contributed by atoms with Crippen LogP contribution in [0.4, 0.5) is 4.79 Å². The van der Waals surface area contributed by atoms with Crippen molar-refractivity contribution >= 4 is 44.9 Å². The van der Waals surface area contributed by atoms with Crippen LogP contribution in [0, 0.1) is 0 Å². The van der Waals surface area contributed by atoms with E-state index >= 15 is 0 Å². The minimum absolute atomic E-state index is 0.132. The van der Waals surface area contributed by atoms with E-state index in [0.29, 0.717) is 9.38 Å². The maximum atomic E-state index is 12.1. The Labute approximate surface area is 123 Å². The molecule has 1 N–H and O–H groups in total. The van der Waals surface area contributed by atoms with Gasteiger partial charge in [0, 0.05) is 6.04 Å². The second kappa shape index (κ2) is 5.38. The first kappa shape index (κ1) is 14.1. The SMILES string of the molecule is CC(C)N1C(=O)S/C(=C/c2ccc(O)c(Br)c2)C1=O. The summed E-state index contributed by atoms with van der Waals surface area (Å²) in [5.41, 5.74) is 0.749. The zero-order chi connectivity index (χ0) is 14.2. The van der Waals surface area contributed by atoms with Gasteiger partial charge in [0.2, 0.25) is 0 Å². The smallest absolute Gasteiger partial charge is 0.293 e. The Bertz CT molecular complexity index is 583. The molecule has 1 aromatic carbocycles. The molecular weight excluding hydrogens is 330 g/mol. The van der Waals surface area contributed by atoms with Gasteiger partial charge < -0.3 is 5.11 Å². The quantitative estimate of drug-likeness (QED) is 0.835. The zero-order valence-corrected chi connectivity index (χ0v) is 12.8. The monoisotopic (exact) mass is 341 g/mol. The number of phenols is 1. The Balaban J connectivity index is 2.32. The number of hydrogen-bond acceptors (Lipinski definition) is 4. The fourth-order valence-electron chi connectivity index (χ4n) is 1.69. The minimum atomic E-state index is -0.269. The van der Waals surface area contributed by atoms with Gasteiger partial charge in [0.15, 0.2) is 0 Å². The fraction of sp³-hybridized carbons (Fsp3) is 0.231. The number of thioether (sulfide) groups is 1. The summed E-state index contributed by atoms with van der Waals surface area (Å²) < 4.78 is 0.546. The molecule has 0 aromatic heterocycles. The van der Waals surface area contributed by atoms with Crippen molar-refractivity contribution in [3.8, 4) is 5.75 Å². The number of benzene rings is 1. The summed E-state index contributed by atoms with van der Waals surface area (Å²) in [6.07, 6.45) is 1.65. The van der Waals surface area contributed by atoms with Gasteiger partial charge in [-0.2, -0.15) is 0 Å². The molecule has 0 saturated carbocycles. The highest BCUT2D eigenvalue weighted by molar-refractivity contribution is 9.10. The molecule has 0 radical (unpaired) electrons. The number of nitrogens with zero attached hydrogens (tertiary/aromatic N) is 1. The predicted octanol–water partition coefficient (Wildman–Crippen LogP) is 3.60. The number of aromatic hydroxyl groups is 1. The van der Waals surface area contributed by atoms with Crippen molar-refractivity contribution in [1.82, 2.24) is 4.90 Å². The van der Waals surface area contributed by atoms with Crippen LogP contribution >= 0.6 is 27.7 Å². The van der Waals surface area contributed by atoms with E-state index in [1.807, 2.05) is 0 Å². The molecule has 100 valence electrons. The highest BCUT2D eigenvalue weighted by Crippen LogP contribution is 2.34. The van der Waals surface area contributed by atoms with E-state index in [2.05, 4.69) is 15.9 Å². The van der Waals surface area contributed by atoms with Crippen molar-refractivity contribution in [2.24, 2.45) is 0 Å². The van der Waals surface area contributed by atoms with Gasteiger partial charge in [0.05, 0.1) is 9.38 Å². The highest BCUT2D eigenvalue weighted by Gasteiger charge is 2.36. The molecule has 2 amide bonds. The van der Waals surface area contributed by atoms with Crippen molar-refractivity contribution in [3.63, 3.8) is 0 Å². The van der Waals surface area contributed by atoms with Crippen LogP contribution in [-0.4, -0.2) is 27.2 Å². The third-order valence-corrected chi connectivity index (χ3v) is 4.13. The standard InChI is InChI=1S/C13H12BrNO3S/c1-7(2)15-12(17)11(19-13(15)18)6-8-3-4-10(16)9(14)5-8/h3-7,16H,1-2H3/b11-6+. The van der Waals surface area contributed by atoms with E-state index in [1.54, 1.807) is 32.1 Å². The molecule has 6 heteroatoms. The van der Waals surface area contributed by atoms with E-state index in [9.17, 15) is 14.7 Å². The second-order valence-electron chi connectivity index (χ2n) is 4.36. The molecule has 19 heavy (non-hydrogen) atoms. The molecule has 0 aliphatic carbocycles.